The van der Waals surface area contributed by atoms with Gasteiger partial charge in [-0.05, 0) is 24.0 Å². The van der Waals surface area contributed by atoms with Crippen molar-refractivity contribution >= 4 is 23.5 Å². The van der Waals surface area contributed by atoms with Crippen LogP contribution in [-0.4, -0.2) is 57.9 Å². The van der Waals surface area contributed by atoms with Crippen LogP contribution in [0.5, 0.6) is 0 Å². The molecule has 4 rings (SSSR count). The molecule has 1 fully saturated rings. The summed E-state index contributed by atoms with van der Waals surface area (Å²) in [6.45, 7) is 7.11. The van der Waals surface area contributed by atoms with Crippen molar-refractivity contribution in [3.8, 4) is 0 Å². The standard InChI is InChI=1S/C30H37N5O4/c1-30(2,3)29(38)32-24(20-39-19-22-12-6-4-7-13-22)27(36)33-25-18-35(21-31-25)26(23-14-8-5-9-15-23)28(37)34-16-10-11-17-34/h4-9,12-15,18,21,24,26H,10-11,16-17,19-20H2,1-3H3,(H,32,38)(H,33,36). The number of hydrogen-bond acceptors (Lipinski definition) is 5. The van der Waals surface area contributed by atoms with Gasteiger partial charge in [-0.3, -0.25) is 14.4 Å². The van der Waals surface area contributed by atoms with E-state index in [9.17, 15) is 14.4 Å². The van der Waals surface area contributed by atoms with E-state index in [-0.39, 0.29) is 24.2 Å². The van der Waals surface area contributed by atoms with Gasteiger partial charge in [0.15, 0.2) is 5.82 Å². The number of anilines is 1. The van der Waals surface area contributed by atoms with Crippen molar-refractivity contribution < 1.29 is 19.1 Å². The maximum atomic E-state index is 13.5. The van der Waals surface area contributed by atoms with Crippen molar-refractivity contribution in [2.24, 2.45) is 5.41 Å². The number of benzene rings is 2. The molecule has 1 aliphatic rings. The predicted molar refractivity (Wildman–Crippen MR) is 149 cm³/mol. The van der Waals surface area contributed by atoms with Crippen LogP contribution in [0.25, 0.3) is 0 Å². The van der Waals surface area contributed by atoms with E-state index >= 15 is 0 Å². The molecule has 2 unspecified atom stereocenters. The Kier molecular flexibility index (Phi) is 9.14. The molecule has 3 amide bonds. The maximum Gasteiger partial charge on any atom is 0.250 e. The van der Waals surface area contributed by atoms with Crippen LogP contribution in [0.15, 0.2) is 73.2 Å². The predicted octanol–water partition coefficient (Wildman–Crippen LogP) is 3.78. The summed E-state index contributed by atoms with van der Waals surface area (Å²) in [6, 6.07) is 17.6. The number of carbonyl (C=O) groups excluding carboxylic acids is 3. The first-order valence-electron chi connectivity index (χ1n) is 13.3. The van der Waals surface area contributed by atoms with E-state index in [1.165, 1.54) is 0 Å². The lowest BCUT2D eigenvalue weighted by atomic mass is 9.95. The van der Waals surface area contributed by atoms with Gasteiger partial charge >= 0.3 is 0 Å². The molecule has 9 nitrogen and oxygen atoms in total. The molecule has 2 heterocycles. The molecule has 206 valence electrons. The summed E-state index contributed by atoms with van der Waals surface area (Å²) in [7, 11) is 0. The molecular weight excluding hydrogens is 494 g/mol. The van der Waals surface area contributed by atoms with E-state index in [0.29, 0.717) is 6.61 Å². The number of carbonyl (C=O) groups is 3. The van der Waals surface area contributed by atoms with E-state index in [1.54, 1.807) is 37.9 Å². The van der Waals surface area contributed by atoms with Crippen molar-refractivity contribution in [1.29, 1.82) is 0 Å². The molecule has 1 aliphatic heterocycles. The lowest BCUT2D eigenvalue weighted by Gasteiger charge is -2.24. The molecule has 3 aromatic rings. The van der Waals surface area contributed by atoms with Crippen LogP contribution in [-0.2, 0) is 25.7 Å². The third-order valence-corrected chi connectivity index (χ3v) is 6.62. The van der Waals surface area contributed by atoms with E-state index in [1.807, 2.05) is 65.6 Å². The van der Waals surface area contributed by atoms with Crippen molar-refractivity contribution in [2.75, 3.05) is 25.0 Å². The monoisotopic (exact) mass is 531 g/mol. The smallest absolute Gasteiger partial charge is 0.250 e. The molecule has 0 aliphatic carbocycles. The Balaban J connectivity index is 1.48. The normalized spacial score (nSPS) is 15.0. The van der Waals surface area contributed by atoms with E-state index < -0.39 is 23.4 Å². The third kappa shape index (κ3) is 7.54. The summed E-state index contributed by atoms with van der Waals surface area (Å²) >= 11 is 0. The van der Waals surface area contributed by atoms with Crippen LogP contribution in [0.2, 0.25) is 0 Å². The summed E-state index contributed by atoms with van der Waals surface area (Å²) < 4.78 is 7.52. The molecule has 0 bridgehead atoms. The number of rotatable bonds is 10. The second-order valence-corrected chi connectivity index (χ2v) is 10.8. The first-order valence-corrected chi connectivity index (χ1v) is 13.3. The van der Waals surface area contributed by atoms with Crippen molar-refractivity contribution in [3.05, 3.63) is 84.3 Å². The van der Waals surface area contributed by atoms with Gasteiger partial charge < -0.3 is 24.8 Å². The number of nitrogens with zero attached hydrogens (tertiary/aromatic N) is 3. The maximum absolute atomic E-state index is 13.5. The molecule has 0 spiro atoms. The lowest BCUT2D eigenvalue weighted by molar-refractivity contribution is -0.133. The van der Waals surface area contributed by atoms with Crippen LogP contribution in [0.4, 0.5) is 5.82 Å². The highest BCUT2D eigenvalue weighted by molar-refractivity contribution is 5.97. The fourth-order valence-corrected chi connectivity index (χ4v) is 4.37. The summed E-state index contributed by atoms with van der Waals surface area (Å²) in [5.74, 6) is -0.434. The first-order chi connectivity index (χ1) is 18.7. The van der Waals surface area contributed by atoms with Gasteiger partial charge in [0, 0.05) is 24.7 Å². The van der Waals surface area contributed by atoms with Crippen LogP contribution < -0.4 is 10.6 Å². The number of nitrogens with one attached hydrogen (secondary N) is 2. The summed E-state index contributed by atoms with van der Waals surface area (Å²) in [5.41, 5.74) is 1.12. The van der Waals surface area contributed by atoms with Crippen molar-refractivity contribution in [3.63, 3.8) is 0 Å². The quantitative estimate of drug-likeness (QED) is 0.414. The van der Waals surface area contributed by atoms with Gasteiger partial charge in [-0.2, -0.15) is 0 Å². The Morgan fingerprint density at radius 2 is 1.62 bits per heavy atom. The second kappa shape index (κ2) is 12.7. The Bertz CT molecular complexity index is 1250. The minimum absolute atomic E-state index is 0.00129. The van der Waals surface area contributed by atoms with Crippen molar-refractivity contribution in [1.82, 2.24) is 19.8 Å². The molecule has 1 saturated heterocycles. The number of imidazole rings is 1. The molecule has 2 aromatic carbocycles. The zero-order valence-electron chi connectivity index (χ0n) is 22.8. The number of amides is 3. The summed E-state index contributed by atoms with van der Waals surface area (Å²) in [6.07, 6.45) is 5.19. The molecule has 39 heavy (non-hydrogen) atoms. The van der Waals surface area contributed by atoms with Gasteiger partial charge in [0.1, 0.15) is 12.1 Å². The number of hydrogen-bond donors (Lipinski definition) is 2. The molecule has 0 radical (unpaired) electrons. The van der Waals surface area contributed by atoms with E-state index in [0.717, 1.165) is 37.1 Å². The number of likely N-dealkylation sites (tertiary alicyclic amines) is 1. The molecule has 0 saturated carbocycles. The molecule has 1 aromatic heterocycles. The fourth-order valence-electron chi connectivity index (χ4n) is 4.37. The molecule has 9 heteroatoms. The van der Waals surface area contributed by atoms with Gasteiger partial charge in [-0.25, -0.2) is 4.98 Å². The third-order valence-electron chi connectivity index (χ3n) is 6.62. The Hall–Kier alpha value is -3.98. The minimum atomic E-state index is -0.929. The molecule has 2 atom stereocenters. The van der Waals surface area contributed by atoms with Gasteiger partial charge in [-0.1, -0.05) is 81.4 Å². The summed E-state index contributed by atoms with van der Waals surface area (Å²) in [5, 5.41) is 5.59. The van der Waals surface area contributed by atoms with Gasteiger partial charge in [0.05, 0.1) is 19.5 Å². The van der Waals surface area contributed by atoms with Gasteiger partial charge in [0.25, 0.3) is 5.91 Å². The van der Waals surface area contributed by atoms with Gasteiger partial charge in [-0.15, -0.1) is 0 Å². The van der Waals surface area contributed by atoms with Crippen LogP contribution >= 0.6 is 0 Å². The zero-order chi connectivity index (χ0) is 27.8. The Labute approximate surface area is 229 Å². The second-order valence-electron chi connectivity index (χ2n) is 10.8. The van der Waals surface area contributed by atoms with Crippen LogP contribution in [0.1, 0.15) is 50.8 Å². The highest BCUT2D eigenvalue weighted by Gasteiger charge is 2.31. The highest BCUT2D eigenvalue weighted by Crippen LogP contribution is 2.24. The topological polar surface area (TPSA) is 106 Å². The summed E-state index contributed by atoms with van der Waals surface area (Å²) in [4.78, 5) is 45.7. The zero-order valence-corrected chi connectivity index (χ0v) is 22.8. The highest BCUT2D eigenvalue weighted by atomic mass is 16.5. The lowest BCUT2D eigenvalue weighted by Crippen LogP contribution is -2.50. The van der Waals surface area contributed by atoms with Gasteiger partial charge in [0.2, 0.25) is 11.8 Å². The van der Waals surface area contributed by atoms with Crippen LogP contribution in [0, 0.1) is 5.41 Å². The largest absolute Gasteiger partial charge is 0.374 e. The minimum Gasteiger partial charge on any atom is -0.374 e. The molecule has 2 N–H and O–H groups in total. The number of aromatic nitrogens is 2. The molecular formula is C30H37N5O4. The Morgan fingerprint density at radius 1 is 0.974 bits per heavy atom. The average Bonchev–Trinajstić information content (AvgIpc) is 3.62. The fraction of sp³-hybridized carbons (Fsp3) is 0.400. The van der Waals surface area contributed by atoms with Crippen LogP contribution in [0.3, 0.4) is 0 Å². The first kappa shape index (κ1) is 28.0. The Morgan fingerprint density at radius 3 is 2.26 bits per heavy atom. The number of ether oxygens (including phenoxy) is 1. The van der Waals surface area contributed by atoms with E-state index in [4.69, 9.17) is 4.74 Å². The van der Waals surface area contributed by atoms with E-state index in [2.05, 4.69) is 15.6 Å². The average molecular weight is 532 g/mol. The SMILES string of the molecule is CC(C)(C)C(=O)NC(COCc1ccccc1)C(=O)Nc1cn(C(C(=O)N2CCCC2)c2ccccc2)cn1. The van der Waals surface area contributed by atoms with Crippen molar-refractivity contribution in [2.45, 2.75) is 52.3 Å².